The normalized spacial score (nSPS) is 13.8. The van der Waals surface area contributed by atoms with E-state index in [-0.39, 0.29) is 0 Å². The minimum absolute atomic E-state index is 0.723. The molecule has 27 heavy (non-hydrogen) atoms. The first-order valence-electron chi connectivity index (χ1n) is 8.77. The number of ether oxygens (including phenoxy) is 2. The van der Waals surface area contributed by atoms with Crippen molar-refractivity contribution in [3.8, 4) is 11.5 Å². The zero-order valence-corrected chi connectivity index (χ0v) is 15.6. The van der Waals surface area contributed by atoms with Gasteiger partial charge in [-0.25, -0.2) is 9.59 Å². The minimum atomic E-state index is -1.82. The molecule has 2 rings (SSSR count). The molecule has 0 unspecified atom stereocenters. The fraction of sp³-hybridized carbons (Fsp3) is 0.474. The van der Waals surface area contributed by atoms with E-state index in [1.165, 1.54) is 5.56 Å². The SMILES string of the molecule is C=CCc1ccc(OCCCN2CCNCC2)c(OC)c1.O=C(O)C(=O)O. The number of rotatable bonds is 8. The van der Waals surface area contributed by atoms with Crippen LogP contribution in [-0.2, 0) is 16.0 Å². The van der Waals surface area contributed by atoms with Crippen LogP contribution in [0.25, 0.3) is 0 Å². The molecule has 1 saturated heterocycles. The molecule has 0 aliphatic carbocycles. The van der Waals surface area contributed by atoms with Gasteiger partial charge in [-0.3, -0.25) is 0 Å². The number of methoxy groups -OCH3 is 1. The number of carboxylic acid groups (broad SMARTS) is 2. The number of benzene rings is 1. The molecular weight excluding hydrogens is 352 g/mol. The molecule has 150 valence electrons. The smallest absolute Gasteiger partial charge is 0.414 e. The van der Waals surface area contributed by atoms with Crippen LogP contribution in [-0.4, -0.2) is 73.5 Å². The van der Waals surface area contributed by atoms with E-state index >= 15 is 0 Å². The summed E-state index contributed by atoms with van der Waals surface area (Å²) in [6.45, 7) is 10.0. The van der Waals surface area contributed by atoms with Crippen LogP contribution in [0.3, 0.4) is 0 Å². The number of nitrogens with zero attached hydrogens (tertiary/aromatic N) is 1. The molecular formula is C19H28N2O6. The molecule has 8 heteroatoms. The first kappa shape index (κ1) is 22.5. The second-order valence-corrected chi connectivity index (χ2v) is 5.88. The molecule has 8 nitrogen and oxygen atoms in total. The molecule has 1 aromatic carbocycles. The summed E-state index contributed by atoms with van der Waals surface area (Å²) in [5.41, 5.74) is 1.19. The molecule has 1 aliphatic rings. The van der Waals surface area contributed by atoms with Gasteiger partial charge in [-0.05, 0) is 30.5 Å². The summed E-state index contributed by atoms with van der Waals surface area (Å²) in [5.74, 6) is -2.02. The fourth-order valence-electron chi connectivity index (χ4n) is 2.53. The molecule has 0 spiro atoms. The highest BCUT2D eigenvalue weighted by Gasteiger charge is 2.09. The van der Waals surface area contributed by atoms with Gasteiger partial charge in [0.1, 0.15) is 0 Å². The van der Waals surface area contributed by atoms with Crippen LogP contribution in [0.5, 0.6) is 11.5 Å². The van der Waals surface area contributed by atoms with Gasteiger partial charge in [0, 0.05) is 32.7 Å². The van der Waals surface area contributed by atoms with Gasteiger partial charge in [0.2, 0.25) is 0 Å². The third-order valence-corrected chi connectivity index (χ3v) is 3.88. The lowest BCUT2D eigenvalue weighted by molar-refractivity contribution is -0.159. The molecule has 1 heterocycles. The minimum Gasteiger partial charge on any atom is -0.493 e. The summed E-state index contributed by atoms with van der Waals surface area (Å²) in [6, 6.07) is 6.08. The summed E-state index contributed by atoms with van der Waals surface area (Å²) in [6.07, 6.45) is 3.78. The van der Waals surface area contributed by atoms with Crippen molar-refractivity contribution in [2.75, 3.05) is 46.4 Å². The van der Waals surface area contributed by atoms with Crippen LogP contribution in [0.1, 0.15) is 12.0 Å². The molecule has 0 aromatic heterocycles. The Labute approximate surface area is 159 Å². The first-order valence-corrected chi connectivity index (χ1v) is 8.77. The number of hydrogen-bond donors (Lipinski definition) is 3. The van der Waals surface area contributed by atoms with Crippen LogP contribution in [0.4, 0.5) is 0 Å². The van der Waals surface area contributed by atoms with Crippen molar-refractivity contribution in [3.63, 3.8) is 0 Å². The van der Waals surface area contributed by atoms with Crippen molar-refractivity contribution in [1.82, 2.24) is 10.2 Å². The Morgan fingerprint density at radius 2 is 1.89 bits per heavy atom. The van der Waals surface area contributed by atoms with Crippen molar-refractivity contribution in [2.24, 2.45) is 0 Å². The molecule has 0 amide bonds. The van der Waals surface area contributed by atoms with Crippen LogP contribution >= 0.6 is 0 Å². The van der Waals surface area contributed by atoms with E-state index in [1.807, 2.05) is 18.2 Å². The maximum Gasteiger partial charge on any atom is 0.414 e. The number of carboxylic acids is 2. The van der Waals surface area contributed by atoms with Crippen molar-refractivity contribution >= 4 is 11.9 Å². The molecule has 1 aromatic rings. The van der Waals surface area contributed by atoms with Crippen LogP contribution in [0, 0.1) is 0 Å². The van der Waals surface area contributed by atoms with E-state index in [2.05, 4.69) is 22.9 Å². The lowest BCUT2D eigenvalue weighted by atomic mass is 10.1. The Morgan fingerprint density at radius 3 is 2.44 bits per heavy atom. The van der Waals surface area contributed by atoms with E-state index in [4.69, 9.17) is 29.3 Å². The maximum atomic E-state index is 9.10. The maximum absolute atomic E-state index is 9.10. The van der Waals surface area contributed by atoms with Gasteiger partial charge in [0.05, 0.1) is 13.7 Å². The van der Waals surface area contributed by atoms with Gasteiger partial charge in [0.15, 0.2) is 11.5 Å². The van der Waals surface area contributed by atoms with Crippen molar-refractivity contribution in [2.45, 2.75) is 12.8 Å². The zero-order chi connectivity index (χ0) is 20.1. The van der Waals surface area contributed by atoms with Crippen LogP contribution in [0.2, 0.25) is 0 Å². The summed E-state index contributed by atoms with van der Waals surface area (Å²) in [4.78, 5) is 20.7. The Morgan fingerprint density at radius 1 is 1.22 bits per heavy atom. The number of hydrogen-bond acceptors (Lipinski definition) is 6. The third-order valence-electron chi connectivity index (χ3n) is 3.88. The predicted octanol–water partition coefficient (Wildman–Crippen LogP) is 1.25. The Hall–Kier alpha value is -2.58. The second kappa shape index (κ2) is 12.7. The number of nitrogens with one attached hydrogen (secondary N) is 1. The van der Waals surface area contributed by atoms with Gasteiger partial charge in [0.25, 0.3) is 0 Å². The monoisotopic (exact) mass is 380 g/mol. The molecule has 0 radical (unpaired) electrons. The van der Waals surface area contributed by atoms with Crippen molar-refractivity contribution in [3.05, 3.63) is 36.4 Å². The standard InChI is InChI=1S/C17H26N2O2.C2H2O4/c1-3-5-15-6-7-16(17(14-15)20-2)21-13-4-10-19-11-8-18-9-12-19;3-1(4)2(5)6/h3,6-7,14,18H,1,4-5,8-13H2,2H3;(H,3,4)(H,5,6). The van der Waals surface area contributed by atoms with Gasteiger partial charge >= 0.3 is 11.9 Å². The summed E-state index contributed by atoms with van der Waals surface area (Å²) in [5, 5.41) is 18.1. The van der Waals surface area contributed by atoms with Gasteiger partial charge in [-0.15, -0.1) is 6.58 Å². The first-order chi connectivity index (χ1) is 13.0. The molecule has 0 saturated carbocycles. The van der Waals surface area contributed by atoms with Crippen molar-refractivity contribution in [1.29, 1.82) is 0 Å². The number of carbonyl (C=O) groups is 2. The summed E-state index contributed by atoms with van der Waals surface area (Å²) in [7, 11) is 1.68. The molecule has 0 bridgehead atoms. The Balaban J connectivity index is 0.000000527. The number of piperazine rings is 1. The molecule has 0 atom stereocenters. The fourth-order valence-corrected chi connectivity index (χ4v) is 2.53. The third kappa shape index (κ3) is 9.07. The van der Waals surface area contributed by atoms with E-state index in [1.54, 1.807) is 7.11 Å². The van der Waals surface area contributed by atoms with Gasteiger partial charge in [-0.2, -0.15) is 0 Å². The summed E-state index contributed by atoms with van der Waals surface area (Å²) < 4.78 is 11.3. The van der Waals surface area contributed by atoms with E-state index in [9.17, 15) is 0 Å². The lowest BCUT2D eigenvalue weighted by Gasteiger charge is -2.27. The van der Waals surface area contributed by atoms with E-state index in [0.29, 0.717) is 0 Å². The lowest BCUT2D eigenvalue weighted by Crippen LogP contribution is -2.43. The van der Waals surface area contributed by atoms with Crippen molar-refractivity contribution < 1.29 is 29.3 Å². The Bertz CT molecular complexity index is 602. The van der Waals surface area contributed by atoms with E-state index < -0.39 is 11.9 Å². The Kier molecular flexibility index (Phi) is 10.6. The average Bonchev–Trinajstić information content (AvgIpc) is 2.67. The van der Waals surface area contributed by atoms with E-state index in [0.717, 1.165) is 63.7 Å². The van der Waals surface area contributed by atoms with Crippen LogP contribution < -0.4 is 14.8 Å². The molecule has 1 fully saturated rings. The van der Waals surface area contributed by atoms with Gasteiger partial charge < -0.3 is 29.9 Å². The summed E-state index contributed by atoms with van der Waals surface area (Å²) >= 11 is 0. The predicted molar refractivity (Wildman–Crippen MR) is 102 cm³/mol. The highest BCUT2D eigenvalue weighted by Crippen LogP contribution is 2.28. The van der Waals surface area contributed by atoms with Gasteiger partial charge in [-0.1, -0.05) is 12.1 Å². The second-order valence-electron chi connectivity index (χ2n) is 5.88. The largest absolute Gasteiger partial charge is 0.493 e. The molecule has 1 aliphatic heterocycles. The highest BCUT2D eigenvalue weighted by atomic mass is 16.5. The topological polar surface area (TPSA) is 108 Å². The zero-order valence-electron chi connectivity index (χ0n) is 15.6. The number of allylic oxidation sites excluding steroid dienone is 1. The number of aliphatic carboxylic acids is 2. The average molecular weight is 380 g/mol. The highest BCUT2D eigenvalue weighted by molar-refractivity contribution is 6.27. The van der Waals surface area contributed by atoms with Crippen LogP contribution in [0.15, 0.2) is 30.9 Å². The molecule has 3 N–H and O–H groups in total. The quantitative estimate of drug-likeness (QED) is 0.351.